The Morgan fingerprint density at radius 3 is 2.72 bits per heavy atom. The number of nitrogens with one attached hydrogen (secondary N) is 1. The monoisotopic (exact) mass is 271 g/mol. The van der Waals surface area contributed by atoms with E-state index < -0.39 is 11.6 Å². The smallest absolute Gasteiger partial charge is 0.129 e. The molecule has 18 heavy (non-hydrogen) atoms. The second kappa shape index (κ2) is 6.53. The van der Waals surface area contributed by atoms with Gasteiger partial charge in [-0.25, -0.2) is 8.78 Å². The van der Waals surface area contributed by atoms with Crippen LogP contribution in [0.5, 0.6) is 0 Å². The minimum atomic E-state index is -0.513. The van der Waals surface area contributed by atoms with Crippen molar-refractivity contribution in [3.05, 3.63) is 35.4 Å². The highest BCUT2D eigenvalue weighted by Gasteiger charge is 2.16. The summed E-state index contributed by atoms with van der Waals surface area (Å²) in [6, 6.07) is 4.39. The molecule has 2 rings (SSSR count). The molecule has 1 heterocycles. The molecule has 100 valence electrons. The first-order chi connectivity index (χ1) is 8.66. The highest BCUT2D eigenvalue weighted by atomic mass is 32.2. The molecule has 1 saturated heterocycles. The highest BCUT2D eigenvalue weighted by molar-refractivity contribution is 7.99. The molecule has 4 heteroatoms. The van der Waals surface area contributed by atoms with Gasteiger partial charge in [-0.3, -0.25) is 0 Å². The largest absolute Gasteiger partial charge is 0.313 e. The first-order valence-electron chi connectivity index (χ1n) is 6.43. The van der Waals surface area contributed by atoms with E-state index in [4.69, 9.17) is 0 Å². The highest BCUT2D eigenvalue weighted by Crippen LogP contribution is 2.21. The van der Waals surface area contributed by atoms with Crippen LogP contribution in [0.15, 0.2) is 18.2 Å². The van der Waals surface area contributed by atoms with E-state index in [2.05, 4.69) is 5.32 Å². The lowest BCUT2D eigenvalue weighted by atomic mass is 9.99. The molecule has 1 unspecified atom stereocenters. The van der Waals surface area contributed by atoms with Crippen LogP contribution in [0.1, 0.15) is 31.2 Å². The van der Waals surface area contributed by atoms with Crippen molar-refractivity contribution >= 4 is 11.8 Å². The minimum absolute atomic E-state index is 0.0696. The van der Waals surface area contributed by atoms with Gasteiger partial charge in [-0.15, -0.1) is 0 Å². The van der Waals surface area contributed by atoms with Crippen molar-refractivity contribution in [1.82, 2.24) is 5.32 Å². The van der Waals surface area contributed by atoms with Crippen molar-refractivity contribution in [2.24, 2.45) is 0 Å². The van der Waals surface area contributed by atoms with Gasteiger partial charge in [-0.05, 0) is 41.9 Å². The molecule has 0 aliphatic carbocycles. The Balaban J connectivity index is 1.88. The Hall–Kier alpha value is -0.610. The Labute approximate surface area is 111 Å². The first-order valence-corrected chi connectivity index (χ1v) is 7.58. The number of hydrogen-bond donors (Lipinski definition) is 1. The van der Waals surface area contributed by atoms with E-state index in [1.807, 2.05) is 18.7 Å². The molecule has 1 fully saturated rings. The van der Waals surface area contributed by atoms with Gasteiger partial charge in [-0.1, -0.05) is 13.0 Å². The fourth-order valence-corrected chi connectivity index (χ4v) is 3.36. The molecule has 1 aliphatic heterocycles. The van der Waals surface area contributed by atoms with E-state index in [1.54, 1.807) is 6.07 Å². The van der Waals surface area contributed by atoms with Crippen molar-refractivity contribution in [2.75, 3.05) is 18.1 Å². The van der Waals surface area contributed by atoms with Gasteiger partial charge in [0.05, 0.1) is 0 Å². The van der Waals surface area contributed by atoms with Crippen molar-refractivity contribution < 1.29 is 8.78 Å². The number of benzene rings is 1. The summed E-state index contributed by atoms with van der Waals surface area (Å²) < 4.78 is 26.4. The maximum Gasteiger partial charge on any atom is 0.129 e. The number of thioether (sulfide) groups is 1. The summed E-state index contributed by atoms with van der Waals surface area (Å²) in [6.07, 6.45) is 2.37. The minimum Gasteiger partial charge on any atom is -0.313 e. The SMILES string of the molecule is CC(CNC1CCSCC1)c1ccc(F)cc1F. The van der Waals surface area contributed by atoms with Gasteiger partial charge in [0.2, 0.25) is 0 Å². The molecule has 0 aromatic heterocycles. The summed E-state index contributed by atoms with van der Waals surface area (Å²) >= 11 is 1.99. The topological polar surface area (TPSA) is 12.0 Å². The zero-order valence-corrected chi connectivity index (χ0v) is 11.4. The average Bonchev–Trinajstić information content (AvgIpc) is 2.37. The summed E-state index contributed by atoms with van der Waals surface area (Å²) in [5.41, 5.74) is 0.592. The van der Waals surface area contributed by atoms with Crippen LogP contribution in [-0.2, 0) is 0 Å². The zero-order valence-electron chi connectivity index (χ0n) is 10.6. The van der Waals surface area contributed by atoms with E-state index in [-0.39, 0.29) is 5.92 Å². The molecule has 0 spiro atoms. The predicted octanol–water partition coefficient (Wildman–Crippen LogP) is 3.55. The maximum atomic E-state index is 13.6. The molecule has 1 aromatic carbocycles. The van der Waals surface area contributed by atoms with Gasteiger partial charge in [0.25, 0.3) is 0 Å². The molecular weight excluding hydrogens is 252 g/mol. The van der Waals surface area contributed by atoms with E-state index in [0.717, 1.165) is 12.6 Å². The molecule has 1 aromatic rings. The van der Waals surface area contributed by atoms with E-state index >= 15 is 0 Å². The standard InChI is InChI=1S/C14H19F2NS/c1-10(9-17-12-4-6-18-7-5-12)13-3-2-11(15)8-14(13)16/h2-3,8,10,12,17H,4-7,9H2,1H3. The molecule has 1 atom stereocenters. The van der Waals surface area contributed by atoms with Gasteiger partial charge in [0.1, 0.15) is 11.6 Å². The quantitative estimate of drug-likeness (QED) is 0.898. The first kappa shape index (κ1) is 13.8. The van der Waals surface area contributed by atoms with Crippen LogP contribution < -0.4 is 5.32 Å². The average molecular weight is 271 g/mol. The predicted molar refractivity (Wildman–Crippen MR) is 73.1 cm³/mol. The van der Waals surface area contributed by atoms with E-state index in [9.17, 15) is 8.78 Å². The van der Waals surface area contributed by atoms with Crippen molar-refractivity contribution in [2.45, 2.75) is 31.7 Å². The second-order valence-electron chi connectivity index (χ2n) is 4.86. The molecule has 0 radical (unpaired) electrons. The fraction of sp³-hybridized carbons (Fsp3) is 0.571. The molecular formula is C14H19F2NS. The van der Waals surface area contributed by atoms with Gasteiger partial charge < -0.3 is 5.32 Å². The van der Waals surface area contributed by atoms with Gasteiger partial charge >= 0.3 is 0 Å². The zero-order chi connectivity index (χ0) is 13.0. The number of hydrogen-bond acceptors (Lipinski definition) is 2. The van der Waals surface area contributed by atoms with Crippen LogP contribution in [0, 0.1) is 11.6 Å². The third-order valence-electron chi connectivity index (χ3n) is 3.43. The second-order valence-corrected chi connectivity index (χ2v) is 6.09. The molecule has 1 nitrogen and oxygen atoms in total. The molecule has 1 N–H and O–H groups in total. The van der Waals surface area contributed by atoms with E-state index in [0.29, 0.717) is 11.6 Å². The van der Waals surface area contributed by atoms with Crippen molar-refractivity contribution in [3.8, 4) is 0 Å². The Morgan fingerprint density at radius 1 is 1.33 bits per heavy atom. The summed E-state index contributed by atoms with van der Waals surface area (Å²) in [5.74, 6) is 1.53. The molecule has 1 aliphatic rings. The van der Waals surface area contributed by atoms with Crippen LogP contribution in [0.2, 0.25) is 0 Å². The Bertz CT molecular complexity index is 391. The summed E-state index contributed by atoms with van der Waals surface area (Å²) in [7, 11) is 0. The lowest BCUT2D eigenvalue weighted by Gasteiger charge is -2.24. The van der Waals surface area contributed by atoms with Crippen LogP contribution in [-0.4, -0.2) is 24.1 Å². The van der Waals surface area contributed by atoms with Crippen molar-refractivity contribution in [1.29, 1.82) is 0 Å². The van der Waals surface area contributed by atoms with E-state index in [1.165, 1.54) is 30.4 Å². The maximum absolute atomic E-state index is 13.6. The van der Waals surface area contributed by atoms with Gasteiger partial charge in [0, 0.05) is 18.7 Å². The lowest BCUT2D eigenvalue weighted by molar-refractivity contribution is 0.458. The molecule has 0 saturated carbocycles. The fourth-order valence-electron chi connectivity index (χ4n) is 2.26. The van der Waals surface area contributed by atoms with Crippen molar-refractivity contribution in [3.63, 3.8) is 0 Å². The Kier molecular flexibility index (Phi) is 5.01. The molecule has 0 bridgehead atoms. The summed E-state index contributed by atoms with van der Waals surface area (Å²) in [5, 5.41) is 3.49. The van der Waals surface area contributed by atoms with Crippen LogP contribution in [0.4, 0.5) is 8.78 Å². The Morgan fingerprint density at radius 2 is 2.06 bits per heavy atom. The lowest BCUT2D eigenvalue weighted by Crippen LogP contribution is -2.35. The third-order valence-corrected chi connectivity index (χ3v) is 4.48. The molecule has 0 amide bonds. The van der Waals surface area contributed by atoms with Crippen LogP contribution in [0.3, 0.4) is 0 Å². The summed E-state index contributed by atoms with van der Waals surface area (Å²) in [6.45, 7) is 2.72. The number of rotatable bonds is 4. The normalized spacial score (nSPS) is 18.8. The van der Waals surface area contributed by atoms with Gasteiger partial charge in [0.15, 0.2) is 0 Å². The summed E-state index contributed by atoms with van der Waals surface area (Å²) in [4.78, 5) is 0. The third kappa shape index (κ3) is 3.69. The van der Waals surface area contributed by atoms with Crippen LogP contribution >= 0.6 is 11.8 Å². The van der Waals surface area contributed by atoms with Crippen LogP contribution in [0.25, 0.3) is 0 Å². The number of halogens is 2. The van der Waals surface area contributed by atoms with Gasteiger partial charge in [-0.2, -0.15) is 11.8 Å².